The lowest BCUT2D eigenvalue weighted by Crippen LogP contribution is -2.42. The van der Waals surface area contributed by atoms with Crippen LogP contribution in [0.3, 0.4) is 0 Å². The van der Waals surface area contributed by atoms with Gasteiger partial charge in [-0.25, -0.2) is 0 Å². The molecule has 1 saturated heterocycles. The minimum atomic E-state index is -0.123. The zero-order valence-electron chi connectivity index (χ0n) is 12.1. The van der Waals surface area contributed by atoms with E-state index in [1.165, 1.54) is 0 Å². The lowest BCUT2D eigenvalue weighted by molar-refractivity contribution is -0.00464. The Morgan fingerprint density at radius 2 is 2.35 bits per heavy atom. The molecule has 1 aliphatic rings. The molecule has 0 radical (unpaired) electrons. The molecular formula is C16H21NO3. The van der Waals surface area contributed by atoms with Crippen LogP contribution in [0, 0.1) is 11.8 Å². The molecule has 0 spiro atoms. The fourth-order valence-electron chi connectivity index (χ4n) is 2.34. The summed E-state index contributed by atoms with van der Waals surface area (Å²) in [7, 11) is 1.68. The zero-order chi connectivity index (χ0) is 14.4. The lowest BCUT2D eigenvalue weighted by atomic mass is 10.1. The van der Waals surface area contributed by atoms with E-state index < -0.39 is 0 Å². The second-order valence-corrected chi connectivity index (χ2v) is 4.88. The van der Waals surface area contributed by atoms with Gasteiger partial charge in [-0.05, 0) is 25.1 Å². The van der Waals surface area contributed by atoms with Gasteiger partial charge in [0.05, 0.1) is 20.3 Å². The Balaban J connectivity index is 2.19. The number of aliphatic hydroxyl groups excluding tert-OH is 1. The van der Waals surface area contributed by atoms with Crippen molar-refractivity contribution in [1.82, 2.24) is 4.90 Å². The smallest absolute Gasteiger partial charge is 0.123 e. The van der Waals surface area contributed by atoms with Crippen molar-refractivity contribution in [3.05, 3.63) is 29.3 Å². The van der Waals surface area contributed by atoms with Gasteiger partial charge in [0.15, 0.2) is 0 Å². The van der Waals surface area contributed by atoms with E-state index in [2.05, 4.69) is 23.7 Å². The Morgan fingerprint density at radius 1 is 1.50 bits per heavy atom. The van der Waals surface area contributed by atoms with Crippen LogP contribution in [0.2, 0.25) is 0 Å². The maximum absolute atomic E-state index is 8.77. The minimum Gasteiger partial charge on any atom is -0.496 e. The third-order valence-corrected chi connectivity index (χ3v) is 3.47. The molecule has 108 valence electrons. The topological polar surface area (TPSA) is 41.9 Å². The Bertz CT molecular complexity index is 504. The van der Waals surface area contributed by atoms with E-state index in [0.29, 0.717) is 6.04 Å². The molecule has 0 bridgehead atoms. The molecule has 0 aromatic heterocycles. The Hall–Kier alpha value is -1.54. The molecule has 1 N–H and O–H groups in total. The highest BCUT2D eigenvalue weighted by molar-refractivity contribution is 5.44. The second-order valence-electron chi connectivity index (χ2n) is 4.88. The van der Waals surface area contributed by atoms with Gasteiger partial charge in [-0.1, -0.05) is 11.8 Å². The monoisotopic (exact) mass is 275 g/mol. The van der Waals surface area contributed by atoms with E-state index in [-0.39, 0.29) is 6.61 Å². The normalized spacial score (nSPS) is 19.2. The van der Waals surface area contributed by atoms with Gasteiger partial charge in [0.2, 0.25) is 0 Å². The highest BCUT2D eigenvalue weighted by Gasteiger charge is 2.20. The third-order valence-electron chi connectivity index (χ3n) is 3.47. The summed E-state index contributed by atoms with van der Waals surface area (Å²) in [6.45, 7) is 5.34. The van der Waals surface area contributed by atoms with Gasteiger partial charge in [-0.15, -0.1) is 0 Å². The average Bonchev–Trinajstić information content (AvgIpc) is 2.48. The van der Waals surface area contributed by atoms with Gasteiger partial charge in [0, 0.05) is 30.3 Å². The van der Waals surface area contributed by atoms with E-state index in [1.54, 1.807) is 7.11 Å². The number of hydrogen-bond acceptors (Lipinski definition) is 4. The van der Waals surface area contributed by atoms with Crippen molar-refractivity contribution in [1.29, 1.82) is 0 Å². The maximum Gasteiger partial charge on any atom is 0.123 e. The molecule has 0 saturated carbocycles. The summed E-state index contributed by atoms with van der Waals surface area (Å²) in [5.74, 6) is 6.48. The van der Waals surface area contributed by atoms with Crippen molar-refractivity contribution in [3.63, 3.8) is 0 Å². The average molecular weight is 275 g/mol. The number of benzene rings is 1. The Morgan fingerprint density at radius 3 is 3.05 bits per heavy atom. The molecule has 1 heterocycles. The number of ether oxygens (including phenoxy) is 2. The van der Waals surface area contributed by atoms with Crippen LogP contribution in [0.1, 0.15) is 18.1 Å². The van der Waals surface area contributed by atoms with Crippen LogP contribution in [0.4, 0.5) is 0 Å². The van der Waals surface area contributed by atoms with Crippen LogP contribution < -0.4 is 4.74 Å². The lowest BCUT2D eigenvalue weighted by Gasteiger charge is -2.33. The molecule has 1 aliphatic heterocycles. The van der Waals surface area contributed by atoms with Crippen molar-refractivity contribution in [2.24, 2.45) is 0 Å². The Labute approximate surface area is 120 Å². The number of methoxy groups -OCH3 is 1. The fourth-order valence-corrected chi connectivity index (χ4v) is 2.34. The second kappa shape index (κ2) is 7.30. The fraction of sp³-hybridized carbons (Fsp3) is 0.500. The van der Waals surface area contributed by atoms with Gasteiger partial charge < -0.3 is 14.6 Å². The first kappa shape index (κ1) is 14.9. The molecule has 1 atom stereocenters. The van der Waals surface area contributed by atoms with Crippen LogP contribution in [0.15, 0.2) is 18.2 Å². The van der Waals surface area contributed by atoms with E-state index in [4.69, 9.17) is 14.6 Å². The molecule has 1 aromatic rings. The minimum absolute atomic E-state index is 0.123. The SMILES string of the molecule is COc1ccc(C#CCO)cc1CN1CCOCC1C. The third kappa shape index (κ3) is 3.73. The number of rotatable bonds is 3. The van der Waals surface area contributed by atoms with Crippen molar-refractivity contribution in [2.45, 2.75) is 19.5 Å². The van der Waals surface area contributed by atoms with Gasteiger partial charge in [0.1, 0.15) is 12.4 Å². The molecule has 20 heavy (non-hydrogen) atoms. The molecular weight excluding hydrogens is 254 g/mol. The van der Waals surface area contributed by atoms with Crippen LogP contribution in [0.25, 0.3) is 0 Å². The number of morpholine rings is 1. The van der Waals surface area contributed by atoms with Gasteiger partial charge >= 0.3 is 0 Å². The molecule has 1 unspecified atom stereocenters. The largest absolute Gasteiger partial charge is 0.496 e. The van der Waals surface area contributed by atoms with Crippen LogP contribution in [-0.2, 0) is 11.3 Å². The van der Waals surface area contributed by atoms with Crippen molar-refractivity contribution < 1.29 is 14.6 Å². The van der Waals surface area contributed by atoms with Gasteiger partial charge in [-0.3, -0.25) is 4.90 Å². The van der Waals surface area contributed by atoms with E-state index in [0.717, 1.165) is 43.2 Å². The highest BCUT2D eigenvalue weighted by atomic mass is 16.5. The summed E-state index contributed by atoms with van der Waals surface area (Å²) in [6.07, 6.45) is 0. The molecule has 2 rings (SSSR count). The highest BCUT2D eigenvalue weighted by Crippen LogP contribution is 2.23. The van der Waals surface area contributed by atoms with Crippen LogP contribution >= 0.6 is 0 Å². The van der Waals surface area contributed by atoms with Crippen molar-refractivity contribution in [3.8, 4) is 17.6 Å². The molecule has 4 nitrogen and oxygen atoms in total. The quantitative estimate of drug-likeness (QED) is 0.843. The number of aliphatic hydroxyl groups is 1. The molecule has 0 aliphatic carbocycles. The molecule has 1 aromatic carbocycles. The molecule has 1 fully saturated rings. The number of hydrogen-bond donors (Lipinski definition) is 1. The summed E-state index contributed by atoms with van der Waals surface area (Å²) in [4.78, 5) is 2.38. The van der Waals surface area contributed by atoms with E-state index in [1.807, 2.05) is 18.2 Å². The van der Waals surface area contributed by atoms with Gasteiger partial charge in [0.25, 0.3) is 0 Å². The number of nitrogens with zero attached hydrogens (tertiary/aromatic N) is 1. The molecule has 4 heteroatoms. The predicted octanol–water partition coefficient (Wildman–Crippen LogP) is 1.26. The van der Waals surface area contributed by atoms with E-state index in [9.17, 15) is 0 Å². The first-order chi connectivity index (χ1) is 9.74. The first-order valence-electron chi connectivity index (χ1n) is 6.83. The summed E-state index contributed by atoms with van der Waals surface area (Å²) >= 11 is 0. The predicted molar refractivity (Wildman–Crippen MR) is 77.6 cm³/mol. The summed E-state index contributed by atoms with van der Waals surface area (Å²) in [5.41, 5.74) is 2.02. The van der Waals surface area contributed by atoms with Gasteiger partial charge in [-0.2, -0.15) is 0 Å². The van der Waals surface area contributed by atoms with Crippen molar-refractivity contribution >= 4 is 0 Å². The van der Waals surface area contributed by atoms with Crippen LogP contribution in [0.5, 0.6) is 5.75 Å². The Kier molecular flexibility index (Phi) is 5.42. The standard InChI is InChI=1S/C16H21NO3/c1-13-12-20-9-7-17(13)11-15-10-14(4-3-8-18)5-6-16(15)19-2/h5-6,10,13,18H,7-9,11-12H2,1-2H3. The summed E-state index contributed by atoms with van der Waals surface area (Å²) in [5, 5.41) is 8.77. The maximum atomic E-state index is 8.77. The van der Waals surface area contributed by atoms with Crippen LogP contribution in [-0.4, -0.2) is 49.5 Å². The summed E-state index contributed by atoms with van der Waals surface area (Å²) < 4.78 is 10.9. The summed E-state index contributed by atoms with van der Waals surface area (Å²) in [6, 6.07) is 6.28. The van der Waals surface area contributed by atoms with Crippen molar-refractivity contribution in [2.75, 3.05) is 33.5 Å². The zero-order valence-corrected chi connectivity index (χ0v) is 12.1. The first-order valence-corrected chi connectivity index (χ1v) is 6.83. The van der Waals surface area contributed by atoms with E-state index >= 15 is 0 Å². The molecule has 0 amide bonds.